The molecule has 19 heavy (non-hydrogen) atoms. The molecule has 0 aliphatic carbocycles. The maximum absolute atomic E-state index is 11.7. The van der Waals surface area contributed by atoms with E-state index in [9.17, 15) is 18.0 Å². The van der Waals surface area contributed by atoms with Crippen LogP contribution in [0.15, 0.2) is 18.2 Å². The molecule has 0 bridgehead atoms. The molecule has 0 radical (unpaired) electrons. The summed E-state index contributed by atoms with van der Waals surface area (Å²) in [5.41, 5.74) is 0.735. The van der Waals surface area contributed by atoms with Gasteiger partial charge in [0.25, 0.3) is 0 Å². The molecule has 6 nitrogen and oxygen atoms in total. The molecule has 1 atom stereocenters. The highest BCUT2D eigenvalue weighted by Gasteiger charge is 2.24. The molecular formula is C12H15NO5S. The van der Waals surface area contributed by atoms with E-state index in [1.54, 1.807) is 13.0 Å². The van der Waals surface area contributed by atoms with Gasteiger partial charge in [0.1, 0.15) is 5.25 Å². The van der Waals surface area contributed by atoms with Gasteiger partial charge in [-0.3, -0.25) is 4.79 Å². The number of carboxylic acids is 1. The Morgan fingerprint density at radius 1 is 1.32 bits per heavy atom. The van der Waals surface area contributed by atoms with Crippen molar-refractivity contribution in [2.45, 2.75) is 19.1 Å². The second kappa shape index (κ2) is 5.40. The number of carboxylic acid groups (broad SMARTS) is 1. The monoisotopic (exact) mass is 285 g/mol. The number of amides is 1. The zero-order chi connectivity index (χ0) is 14.8. The highest BCUT2D eigenvalue weighted by Crippen LogP contribution is 2.18. The second-order valence-electron chi connectivity index (χ2n) is 4.32. The maximum atomic E-state index is 11.7. The molecule has 0 fully saturated rings. The third-order valence-electron chi connectivity index (χ3n) is 2.67. The fraction of sp³-hybridized carbons (Fsp3) is 0.333. The molecule has 1 aromatic carbocycles. The normalized spacial score (nSPS) is 12.8. The number of hydrogen-bond donors (Lipinski definition) is 2. The number of hydrogen-bond acceptors (Lipinski definition) is 4. The van der Waals surface area contributed by atoms with Crippen LogP contribution in [0.1, 0.15) is 22.8 Å². The van der Waals surface area contributed by atoms with E-state index >= 15 is 0 Å². The smallest absolute Gasteiger partial charge is 0.337 e. The van der Waals surface area contributed by atoms with E-state index < -0.39 is 27.0 Å². The van der Waals surface area contributed by atoms with Crippen molar-refractivity contribution in [3.05, 3.63) is 29.3 Å². The minimum Gasteiger partial charge on any atom is -0.478 e. The Morgan fingerprint density at radius 2 is 1.89 bits per heavy atom. The number of nitrogens with one attached hydrogen (secondary N) is 1. The van der Waals surface area contributed by atoms with E-state index in [-0.39, 0.29) is 11.3 Å². The van der Waals surface area contributed by atoms with Gasteiger partial charge in [0.05, 0.1) is 11.3 Å². The Kier molecular flexibility index (Phi) is 4.31. The van der Waals surface area contributed by atoms with E-state index in [4.69, 9.17) is 5.11 Å². The molecule has 0 saturated heterocycles. The number of benzene rings is 1. The Hall–Kier alpha value is -1.89. The number of aromatic carboxylic acids is 1. The van der Waals surface area contributed by atoms with Crippen LogP contribution in [0.4, 0.5) is 5.69 Å². The van der Waals surface area contributed by atoms with Crippen molar-refractivity contribution in [2.24, 2.45) is 0 Å². The lowest BCUT2D eigenvalue weighted by Gasteiger charge is -2.12. The molecule has 104 valence electrons. The zero-order valence-electron chi connectivity index (χ0n) is 10.8. The average Bonchev–Trinajstić information content (AvgIpc) is 2.28. The molecule has 1 unspecified atom stereocenters. The Labute approximate surface area is 111 Å². The second-order valence-corrected chi connectivity index (χ2v) is 6.68. The number of aryl methyl sites for hydroxylation is 1. The molecule has 0 heterocycles. The first-order valence-corrected chi connectivity index (χ1v) is 7.42. The van der Waals surface area contributed by atoms with Crippen molar-refractivity contribution < 1.29 is 23.1 Å². The lowest BCUT2D eigenvalue weighted by Crippen LogP contribution is -2.32. The van der Waals surface area contributed by atoms with Crippen LogP contribution in [-0.4, -0.2) is 36.9 Å². The fourth-order valence-electron chi connectivity index (χ4n) is 1.37. The van der Waals surface area contributed by atoms with Gasteiger partial charge in [-0.25, -0.2) is 13.2 Å². The highest BCUT2D eigenvalue weighted by atomic mass is 32.2. The third-order valence-corrected chi connectivity index (χ3v) is 4.17. The van der Waals surface area contributed by atoms with Gasteiger partial charge in [-0.15, -0.1) is 0 Å². The van der Waals surface area contributed by atoms with E-state index in [1.165, 1.54) is 19.1 Å². The SMILES string of the molecule is Cc1ccc(NC(=O)C(C)S(C)(=O)=O)c(C(=O)O)c1. The van der Waals surface area contributed by atoms with Crippen molar-refractivity contribution in [1.82, 2.24) is 0 Å². The topological polar surface area (TPSA) is 101 Å². The summed E-state index contributed by atoms with van der Waals surface area (Å²) in [6.45, 7) is 2.97. The molecule has 1 rings (SSSR count). The van der Waals surface area contributed by atoms with E-state index in [0.29, 0.717) is 0 Å². The number of rotatable bonds is 4. The molecule has 0 spiro atoms. The number of sulfone groups is 1. The first-order valence-electron chi connectivity index (χ1n) is 5.46. The van der Waals surface area contributed by atoms with E-state index in [0.717, 1.165) is 11.8 Å². The minimum absolute atomic E-state index is 0.0750. The molecule has 0 aromatic heterocycles. The highest BCUT2D eigenvalue weighted by molar-refractivity contribution is 7.92. The van der Waals surface area contributed by atoms with Crippen LogP contribution < -0.4 is 5.32 Å². The number of carbonyl (C=O) groups is 2. The maximum Gasteiger partial charge on any atom is 0.337 e. The van der Waals surface area contributed by atoms with Gasteiger partial charge in [0.15, 0.2) is 9.84 Å². The van der Waals surface area contributed by atoms with E-state index in [1.807, 2.05) is 0 Å². The van der Waals surface area contributed by atoms with Gasteiger partial charge in [0.2, 0.25) is 5.91 Å². The summed E-state index contributed by atoms with van der Waals surface area (Å²) >= 11 is 0. The van der Waals surface area contributed by atoms with Gasteiger partial charge < -0.3 is 10.4 Å². The summed E-state index contributed by atoms with van der Waals surface area (Å²) in [5.74, 6) is -1.94. The predicted octanol–water partition coefficient (Wildman–Crippen LogP) is 1.06. The van der Waals surface area contributed by atoms with Gasteiger partial charge in [-0.2, -0.15) is 0 Å². The molecule has 0 aliphatic rings. The van der Waals surface area contributed by atoms with Crippen LogP contribution in [0.5, 0.6) is 0 Å². The summed E-state index contributed by atoms with van der Waals surface area (Å²) in [7, 11) is -3.52. The standard InChI is InChI=1S/C12H15NO5S/c1-7-4-5-10(9(6-7)12(15)16)13-11(14)8(2)19(3,17)18/h4-6,8H,1-3H3,(H,13,14)(H,15,16). The molecular weight excluding hydrogens is 270 g/mol. The quantitative estimate of drug-likeness (QED) is 0.861. The average molecular weight is 285 g/mol. The van der Waals surface area contributed by atoms with Crippen LogP contribution in [0.25, 0.3) is 0 Å². The van der Waals surface area contributed by atoms with Crippen LogP contribution >= 0.6 is 0 Å². The van der Waals surface area contributed by atoms with Gasteiger partial charge in [0, 0.05) is 6.26 Å². The van der Waals surface area contributed by atoms with Gasteiger partial charge >= 0.3 is 5.97 Å². The summed E-state index contributed by atoms with van der Waals surface area (Å²) in [4.78, 5) is 22.8. The Balaban J connectivity index is 3.07. The summed E-state index contributed by atoms with van der Waals surface area (Å²) in [6, 6.07) is 4.47. The summed E-state index contributed by atoms with van der Waals surface area (Å²) in [5, 5.41) is 10.1. The number of anilines is 1. The first-order chi connectivity index (χ1) is 8.62. The molecule has 0 saturated carbocycles. The van der Waals surface area contributed by atoms with Crippen molar-refractivity contribution in [3.63, 3.8) is 0 Å². The molecule has 1 amide bonds. The zero-order valence-corrected chi connectivity index (χ0v) is 11.6. The van der Waals surface area contributed by atoms with E-state index in [2.05, 4.69) is 5.32 Å². The van der Waals surface area contributed by atoms with Gasteiger partial charge in [-0.1, -0.05) is 11.6 Å². The molecule has 2 N–H and O–H groups in total. The van der Waals surface area contributed by atoms with Gasteiger partial charge in [-0.05, 0) is 26.0 Å². The van der Waals surface area contributed by atoms with Crippen LogP contribution in [0.3, 0.4) is 0 Å². The lowest BCUT2D eigenvalue weighted by molar-refractivity contribution is -0.115. The largest absolute Gasteiger partial charge is 0.478 e. The van der Waals surface area contributed by atoms with Crippen LogP contribution in [0, 0.1) is 6.92 Å². The molecule has 0 aliphatic heterocycles. The Bertz CT molecular complexity index is 621. The first kappa shape index (κ1) is 15.2. The minimum atomic E-state index is -3.52. The summed E-state index contributed by atoms with van der Waals surface area (Å²) < 4.78 is 22.5. The van der Waals surface area contributed by atoms with Crippen molar-refractivity contribution in [1.29, 1.82) is 0 Å². The Morgan fingerprint density at radius 3 is 2.37 bits per heavy atom. The summed E-state index contributed by atoms with van der Waals surface area (Å²) in [6.07, 6.45) is 0.949. The third kappa shape index (κ3) is 3.78. The fourth-order valence-corrected chi connectivity index (χ4v) is 1.82. The molecule has 1 aromatic rings. The molecule has 7 heteroatoms. The van der Waals surface area contributed by atoms with Crippen molar-refractivity contribution in [2.75, 3.05) is 11.6 Å². The van der Waals surface area contributed by atoms with Crippen LogP contribution in [0.2, 0.25) is 0 Å². The lowest BCUT2D eigenvalue weighted by atomic mass is 10.1. The number of carbonyl (C=O) groups excluding carboxylic acids is 1. The van der Waals surface area contributed by atoms with Crippen molar-refractivity contribution in [3.8, 4) is 0 Å². The van der Waals surface area contributed by atoms with Crippen molar-refractivity contribution >= 4 is 27.4 Å². The predicted molar refractivity (Wildman–Crippen MR) is 71.1 cm³/mol. The van der Waals surface area contributed by atoms with Crippen LogP contribution in [-0.2, 0) is 14.6 Å².